The summed E-state index contributed by atoms with van der Waals surface area (Å²) in [5, 5.41) is 23.1. The van der Waals surface area contributed by atoms with Crippen molar-refractivity contribution in [1.82, 2.24) is 35.0 Å². The van der Waals surface area contributed by atoms with Crippen LogP contribution in [0.1, 0.15) is 34.8 Å². The number of anilines is 2. The summed E-state index contributed by atoms with van der Waals surface area (Å²) in [4.78, 5) is 55.4. The molecule has 22 heteroatoms. The number of aryl methyl sites for hydroxylation is 1. The number of hydrogen-bond acceptors (Lipinski definition) is 11. The van der Waals surface area contributed by atoms with Crippen molar-refractivity contribution in [2.45, 2.75) is 32.2 Å². The summed E-state index contributed by atoms with van der Waals surface area (Å²) in [6, 6.07) is 7.34. The third kappa shape index (κ3) is 9.29. The van der Waals surface area contributed by atoms with Crippen LogP contribution >= 0.6 is 11.6 Å². The standard InChI is InChI=1S/C25H24ClN9O2.2C2HF3O2/c1-14-10-19(33-37-14)25(36)35-8-6-34(7-9-35)22-17(11-18(26)16-4-3-5-27-20(16)22)15(2)32-24-21-23(29-12-28-21)30-13-31-24;2*3-2(4,5)1(6)7/h3-5,10-13,15H,6-9H2,1-2H3,(H2,28,29,30,31,32);2*(H,6,7). The van der Waals surface area contributed by atoms with Gasteiger partial charge >= 0.3 is 24.3 Å². The molecular formula is C29H26ClF6N9O6. The Hall–Kier alpha value is -5.73. The molecule has 1 amide bonds. The number of amides is 1. The number of pyridine rings is 1. The number of nitrogens with one attached hydrogen (secondary N) is 2. The summed E-state index contributed by atoms with van der Waals surface area (Å²) in [6.45, 7) is 6.19. The van der Waals surface area contributed by atoms with Gasteiger partial charge in [-0.2, -0.15) is 26.3 Å². The number of H-pyrrole nitrogens is 1. The molecule has 0 spiro atoms. The summed E-state index contributed by atoms with van der Waals surface area (Å²) in [5.41, 5.74) is 4.44. The predicted octanol–water partition coefficient (Wildman–Crippen LogP) is 5.25. The molecule has 51 heavy (non-hydrogen) atoms. The number of alkyl halides is 6. The number of aromatic amines is 1. The van der Waals surface area contributed by atoms with Crippen LogP contribution in [0, 0.1) is 6.92 Å². The molecule has 1 fully saturated rings. The molecule has 5 aromatic rings. The Labute approximate surface area is 287 Å². The van der Waals surface area contributed by atoms with Crippen LogP contribution < -0.4 is 10.2 Å². The molecule has 15 nitrogen and oxygen atoms in total. The van der Waals surface area contributed by atoms with Crippen LogP contribution in [0.15, 0.2) is 47.6 Å². The number of carbonyl (C=O) groups is 3. The number of benzene rings is 1. The molecule has 1 unspecified atom stereocenters. The first-order valence-corrected chi connectivity index (χ1v) is 14.8. The molecule has 0 radical (unpaired) electrons. The van der Waals surface area contributed by atoms with Crippen LogP contribution in [-0.4, -0.2) is 102 Å². The van der Waals surface area contributed by atoms with Crippen LogP contribution in [0.3, 0.4) is 0 Å². The van der Waals surface area contributed by atoms with Gasteiger partial charge < -0.3 is 34.8 Å². The zero-order chi connectivity index (χ0) is 37.7. The molecule has 5 heterocycles. The topological polar surface area (TPSA) is 204 Å². The van der Waals surface area contributed by atoms with Crippen LogP contribution in [0.2, 0.25) is 5.02 Å². The first-order valence-electron chi connectivity index (χ1n) is 14.4. The Morgan fingerprint density at radius 1 is 0.980 bits per heavy atom. The second-order valence-electron chi connectivity index (χ2n) is 10.6. The fourth-order valence-electron chi connectivity index (χ4n) is 4.79. The van der Waals surface area contributed by atoms with E-state index in [1.807, 2.05) is 18.2 Å². The lowest BCUT2D eigenvalue weighted by Gasteiger charge is -2.37. The van der Waals surface area contributed by atoms with E-state index in [0.29, 0.717) is 54.1 Å². The van der Waals surface area contributed by atoms with E-state index in [4.69, 9.17) is 40.9 Å². The summed E-state index contributed by atoms with van der Waals surface area (Å²) >= 11 is 6.74. The van der Waals surface area contributed by atoms with Crippen molar-refractivity contribution in [2.24, 2.45) is 0 Å². The number of rotatable bonds is 5. The van der Waals surface area contributed by atoms with Crippen LogP contribution in [0.5, 0.6) is 0 Å². The van der Waals surface area contributed by atoms with E-state index in [9.17, 15) is 31.1 Å². The number of carboxylic acid groups (broad SMARTS) is 2. The number of nitrogens with zero attached hydrogens (tertiary/aromatic N) is 7. The molecule has 1 saturated heterocycles. The van der Waals surface area contributed by atoms with Gasteiger partial charge in [0.05, 0.1) is 28.6 Å². The monoisotopic (exact) mass is 745 g/mol. The molecule has 4 N–H and O–H groups in total. The zero-order valence-electron chi connectivity index (χ0n) is 26.3. The van der Waals surface area contributed by atoms with Crippen molar-refractivity contribution in [3.05, 3.63) is 65.2 Å². The van der Waals surface area contributed by atoms with Gasteiger partial charge in [-0.15, -0.1) is 0 Å². The van der Waals surface area contributed by atoms with Crippen LogP contribution in [-0.2, 0) is 9.59 Å². The number of hydrogen-bond donors (Lipinski definition) is 4. The molecule has 0 aliphatic carbocycles. The largest absolute Gasteiger partial charge is 0.490 e. The second kappa shape index (κ2) is 15.4. The van der Waals surface area contributed by atoms with Crippen molar-refractivity contribution >= 4 is 63.0 Å². The van der Waals surface area contributed by atoms with E-state index >= 15 is 0 Å². The SMILES string of the molecule is Cc1cc(C(=O)N2CCN(c3c(C(C)Nc4ncnc5nc[nH]c45)cc(Cl)c4cccnc34)CC2)no1.O=C(O)C(F)(F)F.O=C(O)C(F)(F)F. The van der Waals surface area contributed by atoms with Crippen LogP contribution in [0.25, 0.3) is 22.1 Å². The highest BCUT2D eigenvalue weighted by Crippen LogP contribution is 2.39. The number of fused-ring (bicyclic) bond motifs is 2. The lowest BCUT2D eigenvalue weighted by Crippen LogP contribution is -2.49. The molecule has 0 bridgehead atoms. The summed E-state index contributed by atoms with van der Waals surface area (Å²) in [5.74, 6) is -4.38. The maximum absolute atomic E-state index is 12.9. The third-order valence-corrected chi connectivity index (χ3v) is 7.42. The lowest BCUT2D eigenvalue weighted by molar-refractivity contribution is -0.193. The van der Waals surface area contributed by atoms with E-state index in [-0.39, 0.29) is 11.9 Å². The number of piperazine rings is 1. The average molecular weight is 746 g/mol. The molecule has 0 saturated carbocycles. The average Bonchev–Trinajstić information content (AvgIpc) is 3.74. The Balaban J connectivity index is 0.000000353. The van der Waals surface area contributed by atoms with Crippen LogP contribution in [0.4, 0.5) is 37.8 Å². The maximum Gasteiger partial charge on any atom is 0.490 e. The highest BCUT2D eigenvalue weighted by atomic mass is 35.5. The highest BCUT2D eigenvalue weighted by Gasteiger charge is 2.39. The van der Waals surface area contributed by atoms with E-state index in [0.717, 1.165) is 27.7 Å². The predicted molar refractivity (Wildman–Crippen MR) is 167 cm³/mol. The van der Waals surface area contributed by atoms with Gasteiger partial charge in [0.1, 0.15) is 17.6 Å². The van der Waals surface area contributed by atoms with Crippen molar-refractivity contribution < 1.29 is 55.5 Å². The number of carboxylic acids is 2. The fraction of sp³-hybridized carbons (Fsp3) is 0.310. The summed E-state index contributed by atoms with van der Waals surface area (Å²) in [7, 11) is 0. The van der Waals surface area contributed by atoms with Crippen molar-refractivity contribution in [2.75, 3.05) is 36.4 Å². The fourth-order valence-corrected chi connectivity index (χ4v) is 5.06. The van der Waals surface area contributed by atoms with E-state index < -0.39 is 24.3 Å². The van der Waals surface area contributed by atoms with Gasteiger partial charge in [-0.1, -0.05) is 16.8 Å². The third-order valence-electron chi connectivity index (χ3n) is 7.10. The summed E-state index contributed by atoms with van der Waals surface area (Å²) in [6.07, 6.45) is -5.31. The Morgan fingerprint density at radius 3 is 2.18 bits per heavy atom. The number of aromatic nitrogens is 6. The van der Waals surface area contributed by atoms with Crippen molar-refractivity contribution in [3.8, 4) is 0 Å². The smallest absolute Gasteiger partial charge is 0.475 e. The summed E-state index contributed by atoms with van der Waals surface area (Å²) < 4.78 is 68.6. The maximum atomic E-state index is 12.9. The number of imidazole rings is 1. The number of carbonyl (C=O) groups excluding carboxylic acids is 1. The van der Waals surface area contributed by atoms with E-state index in [1.165, 1.54) is 6.33 Å². The first kappa shape index (κ1) is 38.1. The van der Waals surface area contributed by atoms with Crippen molar-refractivity contribution in [3.63, 3.8) is 0 Å². The van der Waals surface area contributed by atoms with Gasteiger partial charge in [-0.25, -0.2) is 24.5 Å². The van der Waals surface area contributed by atoms with Gasteiger partial charge in [-0.05, 0) is 32.0 Å². The van der Waals surface area contributed by atoms with E-state index in [2.05, 4.69) is 42.2 Å². The highest BCUT2D eigenvalue weighted by molar-refractivity contribution is 6.36. The Morgan fingerprint density at radius 2 is 1.61 bits per heavy atom. The molecule has 4 aromatic heterocycles. The van der Waals surface area contributed by atoms with Gasteiger partial charge in [0.25, 0.3) is 5.91 Å². The molecule has 6 rings (SSSR count). The quantitative estimate of drug-likeness (QED) is 0.170. The second-order valence-corrected chi connectivity index (χ2v) is 11.0. The molecule has 272 valence electrons. The normalized spacial score (nSPS) is 13.9. The van der Waals surface area contributed by atoms with Gasteiger partial charge in [-0.3, -0.25) is 9.78 Å². The van der Waals surface area contributed by atoms with E-state index in [1.54, 1.807) is 30.4 Å². The molecule has 1 aromatic carbocycles. The van der Waals surface area contributed by atoms with Gasteiger partial charge in [0.2, 0.25) is 0 Å². The van der Waals surface area contributed by atoms with Crippen molar-refractivity contribution in [1.29, 1.82) is 0 Å². The molecular weight excluding hydrogens is 720 g/mol. The first-order chi connectivity index (χ1) is 23.9. The molecule has 1 aliphatic heterocycles. The number of halogens is 7. The number of aliphatic carboxylic acids is 2. The molecule has 1 atom stereocenters. The Kier molecular flexibility index (Phi) is 11.5. The minimum atomic E-state index is -5.08. The van der Waals surface area contributed by atoms with Gasteiger partial charge in [0.15, 0.2) is 17.2 Å². The lowest BCUT2D eigenvalue weighted by atomic mass is 10.0. The minimum Gasteiger partial charge on any atom is -0.475 e. The van der Waals surface area contributed by atoms with Gasteiger partial charge in [0, 0.05) is 49.4 Å². The minimum absolute atomic E-state index is 0.127. The molecule has 1 aliphatic rings. The zero-order valence-corrected chi connectivity index (χ0v) is 27.0. The Bertz CT molecular complexity index is 2010.